The molecular formula is C19H21N3O6S. The van der Waals surface area contributed by atoms with E-state index in [0.29, 0.717) is 41.0 Å². The van der Waals surface area contributed by atoms with E-state index < -0.39 is 18.5 Å². The predicted molar refractivity (Wildman–Crippen MR) is 107 cm³/mol. The number of esters is 1. The lowest BCUT2D eigenvalue weighted by Crippen LogP contribution is -2.23. The number of nitrogens with zero attached hydrogens (tertiary/aromatic N) is 2. The van der Waals surface area contributed by atoms with Crippen LogP contribution in [0, 0.1) is 0 Å². The summed E-state index contributed by atoms with van der Waals surface area (Å²) in [5.41, 5.74) is 0.914. The molecule has 0 saturated carbocycles. The Morgan fingerprint density at radius 2 is 2.10 bits per heavy atom. The van der Waals surface area contributed by atoms with Gasteiger partial charge in [0.05, 0.1) is 32.0 Å². The second kappa shape index (κ2) is 9.37. The maximum absolute atomic E-state index is 12.1. The minimum Gasteiger partial charge on any atom is -0.497 e. The fraction of sp³-hybridized carbons (Fsp3) is 0.368. The van der Waals surface area contributed by atoms with Gasteiger partial charge >= 0.3 is 5.97 Å². The van der Waals surface area contributed by atoms with E-state index in [4.69, 9.17) is 14.2 Å². The third-order valence-corrected chi connectivity index (χ3v) is 5.13. The largest absolute Gasteiger partial charge is 0.497 e. The van der Waals surface area contributed by atoms with Gasteiger partial charge in [-0.3, -0.25) is 19.3 Å². The van der Waals surface area contributed by atoms with E-state index in [9.17, 15) is 14.4 Å². The highest BCUT2D eigenvalue weighted by Crippen LogP contribution is 2.29. The third kappa shape index (κ3) is 5.23. The Kier molecular flexibility index (Phi) is 6.65. The van der Waals surface area contributed by atoms with Gasteiger partial charge in [0.15, 0.2) is 11.7 Å². The summed E-state index contributed by atoms with van der Waals surface area (Å²) >= 11 is 1.31. The van der Waals surface area contributed by atoms with E-state index in [2.05, 4.69) is 10.3 Å². The van der Waals surface area contributed by atoms with Crippen LogP contribution in [0.15, 0.2) is 23.6 Å². The van der Waals surface area contributed by atoms with Crippen molar-refractivity contribution in [1.82, 2.24) is 4.98 Å². The molecule has 10 heteroatoms. The van der Waals surface area contributed by atoms with Crippen LogP contribution in [0.4, 0.5) is 10.8 Å². The molecule has 0 radical (unpaired) electrons. The topological polar surface area (TPSA) is 107 Å². The summed E-state index contributed by atoms with van der Waals surface area (Å²) in [5, 5.41) is 4.92. The zero-order valence-corrected chi connectivity index (χ0v) is 16.9. The van der Waals surface area contributed by atoms with Gasteiger partial charge < -0.3 is 19.5 Å². The standard InChI is InChI=1S/C19H21N3O6S/c1-26-13-5-6-15(27-2)14(9-13)21-16(23)10-28-18(25)8-12-11-29-19(20-12)22-7-3-4-17(22)24/h5-6,9,11H,3-4,7-8,10H2,1-2H3,(H,21,23). The van der Waals surface area contributed by atoms with Crippen LogP contribution in [-0.2, 0) is 25.5 Å². The van der Waals surface area contributed by atoms with Gasteiger partial charge in [-0.2, -0.15) is 0 Å². The number of amides is 2. The minimum absolute atomic E-state index is 0.0399. The average molecular weight is 419 g/mol. The molecule has 2 amide bonds. The molecule has 2 heterocycles. The summed E-state index contributed by atoms with van der Waals surface area (Å²) in [4.78, 5) is 41.8. The zero-order valence-electron chi connectivity index (χ0n) is 16.1. The van der Waals surface area contributed by atoms with Gasteiger partial charge in [-0.25, -0.2) is 4.98 Å². The molecule has 0 bridgehead atoms. The van der Waals surface area contributed by atoms with E-state index in [1.165, 1.54) is 25.6 Å². The van der Waals surface area contributed by atoms with Crippen LogP contribution in [0.1, 0.15) is 18.5 Å². The number of rotatable bonds is 8. The summed E-state index contributed by atoms with van der Waals surface area (Å²) in [7, 11) is 2.99. The van der Waals surface area contributed by atoms with Gasteiger partial charge in [0.25, 0.3) is 5.91 Å². The van der Waals surface area contributed by atoms with E-state index in [-0.39, 0.29) is 12.3 Å². The molecule has 0 aliphatic carbocycles. The minimum atomic E-state index is -0.581. The Morgan fingerprint density at radius 1 is 1.28 bits per heavy atom. The molecular weight excluding hydrogens is 398 g/mol. The van der Waals surface area contributed by atoms with Gasteiger partial charge in [0, 0.05) is 24.4 Å². The van der Waals surface area contributed by atoms with Crippen molar-refractivity contribution < 1.29 is 28.6 Å². The third-order valence-electron chi connectivity index (χ3n) is 4.21. The highest BCUT2D eigenvalue weighted by molar-refractivity contribution is 7.14. The van der Waals surface area contributed by atoms with E-state index in [0.717, 1.165) is 6.42 Å². The quantitative estimate of drug-likeness (QED) is 0.652. The molecule has 1 aliphatic heterocycles. The number of anilines is 2. The molecule has 0 spiro atoms. The molecule has 0 atom stereocenters. The first-order valence-electron chi connectivity index (χ1n) is 8.92. The Bertz CT molecular complexity index is 913. The van der Waals surface area contributed by atoms with E-state index >= 15 is 0 Å². The zero-order chi connectivity index (χ0) is 20.8. The molecule has 1 saturated heterocycles. The smallest absolute Gasteiger partial charge is 0.312 e. The number of hydrogen-bond acceptors (Lipinski definition) is 8. The van der Waals surface area contributed by atoms with Crippen molar-refractivity contribution in [2.24, 2.45) is 0 Å². The van der Waals surface area contributed by atoms with Crippen molar-refractivity contribution in [2.45, 2.75) is 19.3 Å². The van der Waals surface area contributed by atoms with E-state index in [1.807, 2.05) is 0 Å². The van der Waals surface area contributed by atoms with Crippen LogP contribution in [0.2, 0.25) is 0 Å². The number of carbonyl (C=O) groups excluding carboxylic acids is 3. The summed E-state index contributed by atoms with van der Waals surface area (Å²) < 4.78 is 15.3. The lowest BCUT2D eigenvalue weighted by Gasteiger charge is -2.12. The van der Waals surface area contributed by atoms with Crippen LogP contribution in [0.25, 0.3) is 0 Å². The first-order chi connectivity index (χ1) is 14.0. The highest BCUT2D eigenvalue weighted by atomic mass is 32.1. The number of ether oxygens (including phenoxy) is 3. The Hall–Kier alpha value is -3.14. The molecule has 1 aliphatic rings. The summed E-state index contributed by atoms with van der Waals surface area (Å²) in [5.74, 6) is -0.0436. The predicted octanol–water partition coefficient (Wildman–Crippen LogP) is 2.01. The first-order valence-corrected chi connectivity index (χ1v) is 9.80. The van der Waals surface area contributed by atoms with Crippen molar-refractivity contribution in [1.29, 1.82) is 0 Å². The fourth-order valence-corrected chi connectivity index (χ4v) is 3.66. The SMILES string of the molecule is COc1ccc(OC)c(NC(=O)COC(=O)Cc2csc(N3CCCC3=O)n2)c1. The van der Waals surface area contributed by atoms with Gasteiger partial charge in [-0.1, -0.05) is 0 Å². The van der Waals surface area contributed by atoms with Crippen LogP contribution < -0.4 is 19.7 Å². The number of methoxy groups -OCH3 is 2. The maximum atomic E-state index is 12.1. The lowest BCUT2D eigenvalue weighted by atomic mass is 10.2. The second-order valence-corrected chi connectivity index (χ2v) is 7.06. The fourth-order valence-electron chi connectivity index (χ4n) is 2.79. The number of benzene rings is 1. The van der Waals surface area contributed by atoms with Crippen LogP contribution in [0.5, 0.6) is 11.5 Å². The molecule has 0 unspecified atom stereocenters. The number of aromatic nitrogens is 1. The molecule has 1 N–H and O–H groups in total. The van der Waals surface area contributed by atoms with E-state index in [1.54, 1.807) is 28.5 Å². The molecule has 29 heavy (non-hydrogen) atoms. The normalized spacial score (nSPS) is 13.3. The Labute approximate surface area is 171 Å². The Morgan fingerprint density at radius 3 is 2.79 bits per heavy atom. The molecule has 2 aromatic rings. The molecule has 3 rings (SSSR count). The number of nitrogens with one attached hydrogen (secondary N) is 1. The molecule has 1 aromatic heterocycles. The average Bonchev–Trinajstić information content (AvgIpc) is 3.34. The molecule has 1 aromatic carbocycles. The van der Waals surface area contributed by atoms with Crippen LogP contribution in [0.3, 0.4) is 0 Å². The van der Waals surface area contributed by atoms with Crippen LogP contribution >= 0.6 is 11.3 Å². The number of thiazole rings is 1. The first kappa shape index (κ1) is 20.6. The van der Waals surface area contributed by atoms with Gasteiger partial charge in [-0.15, -0.1) is 11.3 Å². The van der Waals surface area contributed by atoms with Crippen molar-refractivity contribution in [3.63, 3.8) is 0 Å². The van der Waals surface area contributed by atoms with Crippen molar-refractivity contribution in [2.75, 3.05) is 37.6 Å². The highest BCUT2D eigenvalue weighted by Gasteiger charge is 2.24. The molecule has 154 valence electrons. The Balaban J connectivity index is 1.50. The summed E-state index contributed by atoms with van der Waals surface area (Å²) in [6.07, 6.45) is 1.25. The van der Waals surface area contributed by atoms with Crippen molar-refractivity contribution in [3.05, 3.63) is 29.3 Å². The summed E-state index contributed by atoms with van der Waals surface area (Å²) in [6, 6.07) is 4.97. The van der Waals surface area contributed by atoms with Gasteiger partial charge in [0.2, 0.25) is 5.91 Å². The van der Waals surface area contributed by atoms with Crippen LogP contribution in [-0.4, -0.2) is 50.1 Å². The molecule has 1 fully saturated rings. The van der Waals surface area contributed by atoms with Gasteiger partial charge in [-0.05, 0) is 18.6 Å². The monoisotopic (exact) mass is 419 g/mol. The number of carbonyl (C=O) groups is 3. The van der Waals surface area contributed by atoms with Gasteiger partial charge in [0.1, 0.15) is 11.5 Å². The van der Waals surface area contributed by atoms with Crippen molar-refractivity contribution >= 4 is 39.9 Å². The lowest BCUT2D eigenvalue weighted by molar-refractivity contribution is -0.146. The number of hydrogen-bond donors (Lipinski definition) is 1. The van der Waals surface area contributed by atoms with Crippen molar-refractivity contribution in [3.8, 4) is 11.5 Å². The maximum Gasteiger partial charge on any atom is 0.312 e. The molecule has 9 nitrogen and oxygen atoms in total. The second-order valence-electron chi connectivity index (χ2n) is 6.22. The summed E-state index contributed by atoms with van der Waals surface area (Å²) in [6.45, 7) is 0.199.